The molecule has 2 aromatic rings. The van der Waals surface area contributed by atoms with Crippen molar-refractivity contribution in [2.45, 2.75) is 32.4 Å². The van der Waals surface area contributed by atoms with Crippen molar-refractivity contribution in [3.05, 3.63) is 53.3 Å². The third kappa shape index (κ3) is 2.72. The van der Waals surface area contributed by atoms with E-state index in [0.717, 1.165) is 5.56 Å². The Balaban J connectivity index is 1.95. The highest BCUT2D eigenvalue weighted by molar-refractivity contribution is 5.95. The van der Waals surface area contributed by atoms with Crippen LogP contribution in [0.1, 0.15) is 47.5 Å². The van der Waals surface area contributed by atoms with Gasteiger partial charge in [-0.25, -0.2) is 4.79 Å². The highest BCUT2D eigenvalue weighted by atomic mass is 16.4. The largest absolute Gasteiger partial charge is 0.479 e. The standard InChI is InChI=1S/C17H19N3O3/c1-11(2)20-10-8-14(18-20)16(21)19-9-7-12-5-3-4-6-13(12)15(19)17(22)23/h3-6,8,10-11,15H,7,9H2,1-2H3,(H,22,23). The van der Waals surface area contributed by atoms with Crippen molar-refractivity contribution in [1.82, 2.24) is 14.7 Å². The normalized spacial score (nSPS) is 17.2. The van der Waals surface area contributed by atoms with Crippen LogP contribution in [-0.4, -0.2) is 38.2 Å². The van der Waals surface area contributed by atoms with E-state index in [1.54, 1.807) is 29.1 Å². The van der Waals surface area contributed by atoms with Crippen LogP contribution < -0.4 is 0 Å². The van der Waals surface area contributed by atoms with E-state index in [9.17, 15) is 14.7 Å². The molecule has 1 unspecified atom stereocenters. The molecule has 0 saturated carbocycles. The van der Waals surface area contributed by atoms with Gasteiger partial charge in [0.15, 0.2) is 6.04 Å². The predicted molar refractivity (Wildman–Crippen MR) is 84.2 cm³/mol. The van der Waals surface area contributed by atoms with Crippen LogP contribution in [-0.2, 0) is 11.2 Å². The van der Waals surface area contributed by atoms with Crippen molar-refractivity contribution in [1.29, 1.82) is 0 Å². The zero-order chi connectivity index (χ0) is 16.6. The third-order valence-corrected chi connectivity index (χ3v) is 4.13. The van der Waals surface area contributed by atoms with Crippen LogP contribution in [0.4, 0.5) is 0 Å². The van der Waals surface area contributed by atoms with Crippen molar-refractivity contribution in [2.24, 2.45) is 0 Å². The van der Waals surface area contributed by atoms with Crippen LogP contribution in [0.25, 0.3) is 0 Å². The Bertz CT molecular complexity index is 751. The lowest BCUT2D eigenvalue weighted by Crippen LogP contribution is -2.43. The first-order chi connectivity index (χ1) is 11.0. The molecule has 1 amide bonds. The van der Waals surface area contributed by atoms with Crippen LogP contribution >= 0.6 is 0 Å². The second-order valence-electron chi connectivity index (χ2n) is 5.96. The molecule has 0 fully saturated rings. The number of fused-ring (bicyclic) bond motifs is 1. The number of carbonyl (C=O) groups is 2. The Kier molecular flexibility index (Phi) is 3.90. The zero-order valence-corrected chi connectivity index (χ0v) is 13.1. The maximum absolute atomic E-state index is 12.7. The number of carboxylic acids is 1. The molecule has 2 heterocycles. The van der Waals surface area contributed by atoms with Gasteiger partial charge < -0.3 is 10.0 Å². The summed E-state index contributed by atoms with van der Waals surface area (Å²) in [5, 5.41) is 13.9. The molecule has 6 heteroatoms. The number of hydrogen-bond acceptors (Lipinski definition) is 3. The van der Waals surface area contributed by atoms with E-state index >= 15 is 0 Å². The SMILES string of the molecule is CC(C)n1ccc(C(=O)N2CCc3ccccc3C2C(=O)O)n1. The van der Waals surface area contributed by atoms with Crippen LogP contribution in [0.2, 0.25) is 0 Å². The van der Waals surface area contributed by atoms with Crippen LogP contribution in [0.5, 0.6) is 0 Å². The molecule has 3 rings (SSSR count). The monoisotopic (exact) mass is 313 g/mol. The van der Waals surface area contributed by atoms with Gasteiger partial charge in [0.25, 0.3) is 5.91 Å². The molecule has 0 saturated heterocycles. The first kappa shape index (κ1) is 15.3. The van der Waals surface area contributed by atoms with Crippen LogP contribution in [0.3, 0.4) is 0 Å². The summed E-state index contributed by atoms with van der Waals surface area (Å²) >= 11 is 0. The van der Waals surface area contributed by atoms with Gasteiger partial charge in [0.05, 0.1) is 0 Å². The molecule has 120 valence electrons. The first-order valence-electron chi connectivity index (χ1n) is 7.65. The smallest absolute Gasteiger partial charge is 0.331 e. The minimum absolute atomic E-state index is 0.147. The summed E-state index contributed by atoms with van der Waals surface area (Å²) in [6, 6.07) is 8.21. The maximum atomic E-state index is 12.7. The van der Waals surface area contributed by atoms with E-state index in [0.29, 0.717) is 18.5 Å². The lowest BCUT2D eigenvalue weighted by atomic mass is 9.92. The fourth-order valence-electron chi connectivity index (χ4n) is 2.94. The molecule has 0 aliphatic carbocycles. The summed E-state index contributed by atoms with van der Waals surface area (Å²) in [4.78, 5) is 25.9. The topological polar surface area (TPSA) is 75.4 Å². The number of rotatable bonds is 3. The van der Waals surface area contributed by atoms with Crippen LogP contribution in [0, 0.1) is 0 Å². The quantitative estimate of drug-likeness (QED) is 0.943. The summed E-state index contributed by atoms with van der Waals surface area (Å²) in [5.74, 6) is -1.36. The average molecular weight is 313 g/mol. The molecule has 0 spiro atoms. The van der Waals surface area contributed by atoms with Crippen molar-refractivity contribution in [2.75, 3.05) is 6.54 Å². The van der Waals surface area contributed by atoms with Gasteiger partial charge in [-0.15, -0.1) is 0 Å². The Hall–Kier alpha value is -2.63. The Morgan fingerprint density at radius 1 is 1.26 bits per heavy atom. The molecular formula is C17H19N3O3. The summed E-state index contributed by atoms with van der Waals surface area (Å²) in [6.45, 7) is 4.32. The number of carbonyl (C=O) groups excluding carboxylic acids is 1. The average Bonchev–Trinajstić information content (AvgIpc) is 3.03. The number of aliphatic carboxylic acids is 1. The van der Waals surface area contributed by atoms with Gasteiger partial charge in [0.2, 0.25) is 0 Å². The van der Waals surface area contributed by atoms with Crippen molar-refractivity contribution in [3.8, 4) is 0 Å². The van der Waals surface area contributed by atoms with Gasteiger partial charge >= 0.3 is 5.97 Å². The molecule has 1 atom stereocenters. The fraction of sp³-hybridized carbons (Fsp3) is 0.353. The highest BCUT2D eigenvalue weighted by Gasteiger charge is 2.36. The minimum Gasteiger partial charge on any atom is -0.479 e. The lowest BCUT2D eigenvalue weighted by Gasteiger charge is -2.34. The van der Waals surface area contributed by atoms with Gasteiger partial charge in [0.1, 0.15) is 5.69 Å². The van der Waals surface area contributed by atoms with Gasteiger partial charge in [-0.05, 0) is 37.5 Å². The van der Waals surface area contributed by atoms with Crippen LogP contribution in [0.15, 0.2) is 36.5 Å². The second-order valence-corrected chi connectivity index (χ2v) is 5.96. The molecule has 0 bridgehead atoms. The van der Waals surface area contributed by atoms with Gasteiger partial charge in [0, 0.05) is 18.8 Å². The lowest BCUT2D eigenvalue weighted by molar-refractivity contribution is -0.143. The molecule has 1 aliphatic heterocycles. The predicted octanol–water partition coefficient (Wildman–Crippen LogP) is 2.29. The van der Waals surface area contributed by atoms with Gasteiger partial charge in [-0.1, -0.05) is 24.3 Å². The number of nitrogens with zero attached hydrogens (tertiary/aromatic N) is 3. The van der Waals surface area contributed by atoms with E-state index in [1.165, 1.54) is 4.90 Å². The Morgan fingerprint density at radius 3 is 2.65 bits per heavy atom. The minimum atomic E-state index is -1.02. The van der Waals surface area contributed by atoms with E-state index in [2.05, 4.69) is 5.10 Å². The molecule has 0 radical (unpaired) electrons. The second kappa shape index (κ2) is 5.87. The molecule has 23 heavy (non-hydrogen) atoms. The third-order valence-electron chi connectivity index (χ3n) is 4.13. The van der Waals surface area contributed by atoms with Gasteiger partial charge in [-0.3, -0.25) is 9.48 Å². The molecule has 6 nitrogen and oxygen atoms in total. The number of benzene rings is 1. The summed E-state index contributed by atoms with van der Waals surface area (Å²) in [7, 11) is 0. The van der Waals surface area contributed by atoms with Crippen molar-refractivity contribution < 1.29 is 14.7 Å². The number of aromatic nitrogens is 2. The molecule has 1 aliphatic rings. The fourth-order valence-corrected chi connectivity index (χ4v) is 2.94. The summed E-state index contributed by atoms with van der Waals surface area (Å²) < 4.78 is 1.70. The maximum Gasteiger partial charge on any atom is 0.331 e. The molecule has 1 N–H and O–H groups in total. The summed E-state index contributed by atoms with van der Waals surface area (Å²) in [6.07, 6.45) is 2.39. The van der Waals surface area contributed by atoms with E-state index < -0.39 is 12.0 Å². The number of amides is 1. The molecule has 1 aromatic carbocycles. The van der Waals surface area contributed by atoms with Gasteiger partial charge in [-0.2, -0.15) is 5.10 Å². The van der Waals surface area contributed by atoms with Crippen molar-refractivity contribution in [3.63, 3.8) is 0 Å². The van der Waals surface area contributed by atoms with E-state index in [1.807, 2.05) is 26.0 Å². The Morgan fingerprint density at radius 2 is 2.00 bits per heavy atom. The first-order valence-corrected chi connectivity index (χ1v) is 7.65. The highest BCUT2D eigenvalue weighted by Crippen LogP contribution is 2.31. The Labute approximate surface area is 134 Å². The zero-order valence-electron chi connectivity index (χ0n) is 13.1. The van der Waals surface area contributed by atoms with E-state index in [4.69, 9.17) is 0 Å². The molecule has 1 aromatic heterocycles. The van der Waals surface area contributed by atoms with E-state index in [-0.39, 0.29) is 17.6 Å². The summed E-state index contributed by atoms with van der Waals surface area (Å²) in [5.41, 5.74) is 1.95. The van der Waals surface area contributed by atoms with Crippen molar-refractivity contribution >= 4 is 11.9 Å². The number of carboxylic acid groups (broad SMARTS) is 1. The number of hydrogen-bond donors (Lipinski definition) is 1. The molecular weight excluding hydrogens is 294 g/mol.